The minimum atomic E-state index is 0.347. The number of ether oxygens (including phenoxy) is 1. The van der Waals surface area contributed by atoms with Crippen molar-refractivity contribution in [2.45, 2.75) is 0 Å². The van der Waals surface area contributed by atoms with Gasteiger partial charge in [0.1, 0.15) is 17.6 Å². The van der Waals surface area contributed by atoms with E-state index in [1.165, 1.54) is 6.08 Å². The number of rotatable bonds is 3. The van der Waals surface area contributed by atoms with Gasteiger partial charge in [-0.25, -0.2) is 4.99 Å². The molecule has 5 heteroatoms. The van der Waals surface area contributed by atoms with Crippen LogP contribution in [0.2, 0.25) is 0 Å². The van der Waals surface area contributed by atoms with Gasteiger partial charge < -0.3 is 9.15 Å². The van der Waals surface area contributed by atoms with E-state index in [1.807, 2.05) is 54.6 Å². The first kappa shape index (κ1) is 15.6. The summed E-state index contributed by atoms with van der Waals surface area (Å²) in [7, 11) is 0. The molecule has 1 aliphatic heterocycles. The number of hydrogen-bond acceptors (Lipinski definition) is 4. The number of furan rings is 1. The first-order chi connectivity index (χ1) is 12.2. The maximum Gasteiger partial charge on any atom is 0.220 e. The van der Waals surface area contributed by atoms with Crippen LogP contribution in [0.15, 0.2) is 74.6 Å². The van der Waals surface area contributed by atoms with Crippen LogP contribution < -0.4 is 0 Å². The van der Waals surface area contributed by atoms with Gasteiger partial charge in [0, 0.05) is 22.0 Å². The number of fused-ring (bicyclic) bond motifs is 3. The summed E-state index contributed by atoms with van der Waals surface area (Å²) in [6.45, 7) is 0. The lowest BCUT2D eigenvalue weighted by molar-refractivity contribution is -0.104. The second-order valence-electron chi connectivity index (χ2n) is 5.38. The molecule has 122 valence electrons. The molecule has 1 aliphatic rings. The van der Waals surface area contributed by atoms with Crippen LogP contribution in [0.5, 0.6) is 0 Å². The Hall–Kier alpha value is -2.92. The van der Waals surface area contributed by atoms with Crippen LogP contribution in [0.3, 0.4) is 0 Å². The Morgan fingerprint density at radius 2 is 1.88 bits per heavy atom. The Labute approximate surface area is 152 Å². The van der Waals surface area contributed by atoms with Crippen LogP contribution in [0.25, 0.3) is 22.8 Å². The van der Waals surface area contributed by atoms with Crippen LogP contribution in [0, 0.1) is 0 Å². The number of hydrogen-bond donors (Lipinski definition) is 0. The summed E-state index contributed by atoms with van der Waals surface area (Å²) in [5, 5.41) is 0.857. The Balaban J connectivity index is 1.83. The van der Waals surface area contributed by atoms with E-state index in [9.17, 15) is 4.79 Å². The molecule has 1 aromatic heterocycles. The van der Waals surface area contributed by atoms with Gasteiger partial charge in [-0.1, -0.05) is 46.3 Å². The van der Waals surface area contributed by atoms with E-state index in [2.05, 4.69) is 20.9 Å². The molecule has 0 N–H and O–H groups in total. The number of carbonyl (C=O) groups excluding carboxylic acids is 1. The molecule has 0 saturated heterocycles. The second kappa shape index (κ2) is 6.53. The molecule has 0 amide bonds. The standard InChI is InChI=1S/C20H12BrNO3/c21-14-7-8-16-15(12-14)19-20(25-16)17(10-11-23)24-18(22-19)9-6-13-4-2-1-3-5-13/h1-12H/b9-6+,17-10?. The van der Waals surface area contributed by atoms with Crippen LogP contribution in [-0.4, -0.2) is 12.2 Å². The number of aldehydes is 1. The van der Waals surface area contributed by atoms with Crippen molar-refractivity contribution < 1.29 is 13.9 Å². The van der Waals surface area contributed by atoms with Crippen molar-refractivity contribution in [2.24, 2.45) is 4.99 Å². The molecule has 0 spiro atoms. The van der Waals surface area contributed by atoms with Crippen molar-refractivity contribution in [1.29, 1.82) is 0 Å². The molecule has 0 atom stereocenters. The topological polar surface area (TPSA) is 51.8 Å². The summed E-state index contributed by atoms with van der Waals surface area (Å²) >= 11 is 3.46. The maximum absolute atomic E-state index is 11.0. The predicted octanol–water partition coefficient (Wildman–Crippen LogP) is 5.51. The Morgan fingerprint density at radius 3 is 2.68 bits per heavy atom. The van der Waals surface area contributed by atoms with Crippen molar-refractivity contribution in [3.8, 4) is 0 Å². The van der Waals surface area contributed by atoms with Gasteiger partial charge >= 0.3 is 0 Å². The molecular formula is C20H12BrNO3. The third-order valence-corrected chi connectivity index (χ3v) is 4.21. The summed E-state index contributed by atoms with van der Waals surface area (Å²) in [6.07, 6.45) is 5.68. The number of allylic oxidation sites excluding steroid dienone is 1. The van der Waals surface area contributed by atoms with Gasteiger partial charge in [-0.3, -0.25) is 4.79 Å². The highest BCUT2D eigenvalue weighted by Gasteiger charge is 2.24. The minimum Gasteiger partial charge on any atom is -0.450 e. The smallest absolute Gasteiger partial charge is 0.220 e. The number of benzene rings is 2. The number of nitrogens with zero attached hydrogens (tertiary/aromatic N) is 1. The van der Waals surface area contributed by atoms with E-state index in [-0.39, 0.29) is 0 Å². The molecule has 4 rings (SSSR count). The first-order valence-corrected chi connectivity index (χ1v) is 8.41. The molecule has 25 heavy (non-hydrogen) atoms. The highest BCUT2D eigenvalue weighted by molar-refractivity contribution is 9.10. The SMILES string of the molecule is O=CC=C1OC(/C=C/c2ccccc2)=Nc2c1oc1ccc(Br)cc21. The van der Waals surface area contributed by atoms with Crippen LogP contribution in [0.4, 0.5) is 5.69 Å². The summed E-state index contributed by atoms with van der Waals surface area (Å²) in [4.78, 5) is 15.5. The molecule has 2 heterocycles. The van der Waals surface area contributed by atoms with Gasteiger partial charge in [-0.15, -0.1) is 0 Å². The molecule has 0 bridgehead atoms. The van der Waals surface area contributed by atoms with Gasteiger partial charge in [0.15, 0.2) is 11.5 Å². The van der Waals surface area contributed by atoms with E-state index in [1.54, 1.807) is 6.08 Å². The van der Waals surface area contributed by atoms with Gasteiger partial charge in [0.2, 0.25) is 5.90 Å². The van der Waals surface area contributed by atoms with Crippen LogP contribution in [-0.2, 0) is 9.53 Å². The van der Waals surface area contributed by atoms with E-state index >= 15 is 0 Å². The van der Waals surface area contributed by atoms with E-state index < -0.39 is 0 Å². The highest BCUT2D eigenvalue weighted by atomic mass is 79.9. The summed E-state index contributed by atoms with van der Waals surface area (Å²) in [5.74, 6) is 1.20. The zero-order valence-corrected chi connectivity index (χ0v) is 14.6. The van der Waals surface area contributed by atoms with E-state index in [4.69, 9.17) is 9.15 Å². The lowest BCUT2D eigenvalue weighted by Gasteiger charge is -2.13. The largest absolute Gasteiger partial charge is 0.450 e. The zero-order chi connectivity index (χ0) is 17.2. The minimum absolute atomic E-state index is 0.347. The van der Waals surface area contributed by atoms with Crippen molar-refractivity contribution >= 4 is 56.6 Å². The van der Waals surface area contributed by atoms with E-state index in [0.717, 1.165) is 15.4 Å². The monoisotopic (exact) mass is 393 g/mol. The molecule has 4 nitrogen and oxygen atoms in total. The molecule has 0 unspecified atom stereocenters. The second-order valence-corrected chi connectivity index (χ2v) is 6.30. The quantitative estimate of drug-likeness (QED) is 0.435. The molecular weight excluding hydrogens is 382 g/mol. The number of aliphatic imine (C=N–C) groups is 1. The average Bonchev–Trinajstić information content (AvgIpc) is 2.99. The summed E-state index contributed by atoms with van der Waals surface area (Å²) in [5.41, 5.74) is 2.37. The third-order valence-electron chi connectivity index (χ3n) is 3.72. The number of carbonyl (C=O) groups is 1. The van der Waals surface area contributed by atoms with Gasteiger partial charge in [0.05, 0.1) is 0 Å². The van der Waals surface area contributed by atoms with Crippen LogP contribution >= 0.6 is 15.9 Å². The summed E-state index contributed by atoms with van der Waals surface area (Å²) in [6, 6.07) is 15.5. The van der Waals surface area contributed by atoms with Gasteiger partial charge in [0.25, 0.3) is 0 Å². The van der Waals surface area contributed by atoms with Crippen molar-refractivity contribution in [1.82, 2.24) is 0 Å². The fourth-order valence-electron chi connectivity index (χ4n) is 2.60. The van der Waals surface area contributed by atoms with Crippen molar-refractivity contribution in [2.75, 3.05) is 0 Å². The Kier molecular flexibility index (Phi) is 4.07. The highest BCUT2D eigenvalue weighted by Crippen LogP contribution is 2.41. The molecule has 3 aromatic rings. The maximum atomic E-state index is 11.0. The van der Waals surface area contributed by atoms with Gasteiger partial charge in [-0.05, 0) is 29.8 Å². The summed E-state index contributed by atoms with van der Waals surface area (Å²) < 4.78 is 12.5. The lowest BCUT2D eigenvalue weighted by atomic mass is 10.2. The van der Waals surface area contributed by atoms with Crippen LogP contribution in [0.1, 0.15) is 11.3 Å². The van der Waals surface area contributed by atoms with Gasteiger partial charge in [-0.2, -0.15) is 0 Å². The zero-order valence-electron chi connectivity index (χ0n) is 13.0. The number of halogens is 1. The first-order valence-electron chi connectivity index (χ1n) is 7.62. The normalized spacial score (nSPS) is 15.2. The lowest BCUT2D eigenvalue weighted by Crippen LogP contribution is -2.05. The fourth-order valence-corrected chi connectivity index (χ4v) is 2.96. The third kappa shape index (κ3) is 3.06. The Morgan fingerprint density at radius 1 is 1.04 bits per heavy atom. The average molecular weight is 394 g/mol. The predicted molar refractivity (Wildman–Crippen MR) is 102 cm³/mol. The molecule has 0 saturated carbocycles. The molecule has 0 fully saturated rings. The van der Waals surface area contributed by atoms with Crippen molar-refractivity contribution in [3.05, 3.63) is 76.5 Å². The molecule has 0 radical (unpaired) electrons. The Bertz CT molecular complexity index is 1050. The fraction of sp³-hybridized carbons (Fsp3) is 0. The van der Waals surface area contributed by atoms with Crippen molar-refractivity contribution in [3.63, 3.8) is 0 Å². The molecule has 0 aliphatic carbocycles. The van der Waals surface area contributed by atoms with E-state index in [0.29, 0.717) is 35.0 Å². The molecule has 2 aromatic carbocycles.